The molecule has 0 saturated heterocycles. The SMILES string of the molecule is CC(=O)NCCNC(=O)c1cnoc1C. The van der Waals surface area contributed by atoms with E-state index in [1.165, 1.54) is 13.1 Å². The smallest absolute Gasteiger partial charge is 0.256 e. The molecule has 0 atom stereocenters. The third kappa shape index (κ3) is 3.41. The van der Waals surface area contributed by atoms with Gasteiger partial charge in [0.15, 0.2) is 0 Å². The summed E-state index contributed by atoms with van der Waals surface area (Å²) in [4.78, 5) is 22.0. The average molecular weight is 211 g/mol. The van der Waals surface area contributed by atoms with Crippen molar-refractivity contribution in [3.8, 4) is 0 Å². The van der Waals surface area contributed by atoms with Gasteiger partial charge in [-0.1, -0.05) is 5.16 Å². The number of nitrogens with one attached hydrogen (secondary N) is 2. The fourth-order valence-corrected chi connectivity index (χ4v) is 1.03. The molecule has 0 aliphatic carbocycles. The first-order valence-electron chi connectivity index (χ1n) is 4.55. The van der Waals surface area contributed by atoms with Gasteiger partial charge in [-0.3, -0.25) is 9.59 Å². The van der Waals surface area contributed by atoms with Gasteiger partial charge in [0.25, 0.3) is 5.91 Å². The molecule has 0 radical (unpaired) electrons. The van der Waals surface area contributed by atoms with Crippen molar-refractivity contribution in [1.29, 1.82) is 0 Å². The molecule has 0 bridgehead atoms. The lowest BCUT2D eigenvalue weighted by molar-refractivity contribution is -0.118. The van der Waals surface area contributed by atoms with Crippen molar-refractivity contribution in [2.75, 3.05) is 13.1 Å². The Labute approximate surface area is 87.0 Å². The highest BCUT2D eigenvalue weighted by Gasteiger charge is 2.11. The number of nitrogens with zero attached hydrogens (tertiary/aromatic N) is 1. The van der Waals surface area contributed by atoms with E-state index >= 15 is 0 Å². The van der Waals surface area contributed by atoms with Crippen molar-refractivity contribution < 1.29 is 14.1 Å². The van der Waals surface area contributed by atoms with E-state index in [9.17, 15) is 9.59 Å². The Morgan fingerprint density at radius 2 is 2.07 bits per heavy atom. The number of rotatable bonds is 4. The normalized spacial score (nSPS) is 9.73. The van der Waals surface area contributed by atoms with Gasteiger partial charge in [-0.25, -0.2) is 0 Å². The van der Waals surface area contributed by atoms with Crippen molar-refractivity contribution >= 4 is 11.8 Å². The van der Waals surface area contributed by atoms with Gasteiger partial charge < -0.3 is 15.2 Å². The van der Waals surface area contributed by atoms with Crippen LogP contribution in [0.15, 0.2) is 10.7 Å². The molecule has 0 saturated carbocycles. The molecule has 15 heavy (non-hydrogen) atoms. The largest absolute Gasteiger partial charge is 0.361 e. The summed E-state index contributed by atoms with van der Waals surface area (Å²) < 4.78 is 4.75. The highest BCUT2D eigenvalue weighted by Crippen LogP contribution is 2.04. The molecule has 1 rings (SSSR count). The predicted molar refractivity (Wildman–Crippen MR) is 52.3 cm³/mol. The lowest BCUT2D eigenvalue weighted by Gasteiger charge is -2.03. The minimum absolute atomic E-state index is 0.120. The van der Waals surface area contributed by atoms with Gasteiger partial charge in [-0.15, -0.1) is 0 Å². The number of carbonyl (C=O) groups is 2. The van der Waals surface area contributed by atoms with Crippen LogP contribution in [0.5, 0.6) is 0 Å². The van der Waals surface area contributed by atoms with Crippen LogP contribution < -0.4 is 10.6 Å². The summed E-state index contributed by atoms with van der Waals surface area (Å²) in [5.41, 5.74) is 0.415. The highest BCUT2D eigenvalue weighted by atomic mass is 16.5. The van der Waals surface area contributed by atoms with Crippen LogP contribution in [-0.4, -0.2) is 30.1 Å². The topological polar surface area (TPSA) is 84.2 Å². The first-order valence-corrected chi connectivity index (χ1v) is 4.55. The van der Waals surface area contributed by atoms with Crippen LogP contribution in [0.2, 0.25) is 0 Å². The Morgan fingerprint density at radius 3 is 2.60 bits per heavy atom. The van der Waals surface area contributed by atoms with Crippen molar-refractivity contribution in [3.05, 3.63) is 17.5 Å². The van der Waals surface area contributed by atoms with Crippen LogP contribution in [0.1, 0.15) is 23.0 Å². The second-order valence-corrected chi connectivity index (χ2v) is 3.03. The molecule has 2 N–H and O–H groups in total. The van der Waals surface area contributed by atoms with Crippen molar-refractivity contribution in [2.24, 2.45) is 0 Å². The van der Waals surface area contributed by atoms with Gasteiger partial charge in [0, 0.05) is 20.0 Å². The summed E-state index contributed by atoms with van der Waals surface area (Å²) >= 11 is 0. The number of hydrogen-bond acceptors (Lipinski definition) is 4. The summed E-state index contributed by atoms with van der Waals surface area (Å²) in [7, 11) is 0. The number of amides is 2. The zero-order valence-corrected chi connectivity index (χ0v) is 8.66. The van der Waals surface area contributed by atoms with Gasteiger partial charge in [-0.2, -0.15) is 0 Å². The van der Waals surface area contributed by atoms with Gasteiger partial charge in [0.05, 0.1) is 6.20 Å². The van der Waals surface area contributed by atoms with Crippen LogP contribution in [0.4, 0.5) is 0 Å². The molecule has 0 aliphatic heterocycles. The Morgan fingerprint density at radius 1 is 1.40 bits per heavy atom. The molecule has 1 aromatic rings. The molecular formula is C9H13N3O3. The minimum Gasteiger partial charge on any atom is -0.361 e. The number of carbonyl (C=O) groups excluding carboxylic acids is 2. The van der Waals surface area contributed by atoms with Crippen LogP contribution in [0, 0.1) is 6.92 Å². The first-order chi connectivity index (χ1) is 7.11. The summed E-state index contributed by atoms with van der Waals surface area (Å²) in [5.74, 6) is 0.108. The Kier molecular flexibility index (Phi) is 3.84. The van der Waals surface area contributed by atoms with E-state index in [0.717, 1.165) is 0 Å². The molecule has 82 valence electrons. The number of aromatic nitrogens is 1. The van der Waals surface area contributed by atoms with E-state index in [-0.39, 0.29) is 11.8 Å². The molecule has 6 heteroatoms. The van der Waals surface area contributed by atoms with Crippen molar-refractivity contribution in [1.82, 2.24) is 15.8 Å². The molecule has 0 unspecified atom stereocenters. The first kappa shape index (κ1) is 11.2. The van der Waals surface area contributed by atoms with Gasteiger partial charge in [0.1, 0.15) is 11.3 Å². The van der Waals surface area contributed by atoms with E-state index in [1.54, 1.807) is 6.92 Å². The maximum atomic E-state index is 11.4. The highest BCUT2D eigenvalue weighted by molar-refractivity contribution is 5.94. The fourth-order valence-electron chi connectivity index (χ4n) is 1.03. The molecule has 0 aromatic carbocycles. The van der Waals surface area contributed by atoms with Crippen LogP contribution in [0.3, 0.4) is 0 Å². The maximum Gasteiger partial charge on any atom is 0.256 e. The third-order valence-electron chi connectivity index (χ3n) is 1.78. The molecule has 2 amide bonds. The summed E-state index contributed by atoms with van der Waals surface area (Å²) in [6.45, 7) is 3.87. The zero-order valence-electron chi connectivity index (χ0n) is 8.66. The van der Waals surface area contributed by atoms with Crippen LogP contribution >= 0.6 is 0 Å². The minimum atomic E-state index is -0.251. The number of hydrogen-bond donors (Lipinski definition) is 2. The monoisotopic (exact) mass is 211 g/mol. The molecule has 1 heterocycles. The van der Waals surface area contributed by atoms with Crippen LogP contribution in [0.25, 0.3) is 0 Å². The predicted octanol–water partition coefficient (Wildman–Crippen LogP) is -0.151. The zero-order chi connectivity index (χ0) is 11.3. The molecule has 0 aliphatic rings. The van der Waals surface area contributed by atoms with E-state index in [1.807, 2.05) is 0 Å². The Bertz CT molecular complexity index is 359. The maximum absolute atomic E-state index is 11.4. The second kappa shape index (κ2) is 5.14. The quantitative estimate of drug-likeness (QED) is 0.678. The average Bonchev–Trinajstić information content (AvgIpc) is 2.58. The van der Waals surface area contributed by atoms with E-state index in [0.29, 0.717) is 24.4 Å². The van der Waals surface area contributed by atoms with Gasteiger partial charge in [-0.05, 0) is 6.92 Å². The second-order valence-electron chi connectivity index (χ2n) is 3.03. The lowest BCUT2D eigenvalue weighted by Crippen LogP contribution is -2.33. The summed E-state index contributed by atoms with van der Waals surface area (Å²) in [6.07, 6.45) is 1.36. The number of aryl methyl sites for hydroxylation is 1. The molecule has 1 aromatic heterocycles. The molecule has 0 spiro atoms. The van der Waals surface area contributed by atoms with E-state index in [4.69, 9.17) is 4.52 Å². The lowest BCUT2D eigenvalue weighted by atomic mass is 10.2. The molecule has 6 nitrogen and oxygen atoms in total. The van der Waals surface area contributed by atoms with Crippen LogP contribution in [-0.2, 0) is 4.79 Å². The summed E-state index contributed by atoms with van der Waals surface area (Å²) in [6, 6.07) is 0. The van der Waals surface area contributed by atoms with Crippen molar-refractivity contribution in [3.63, 3.8) is 0 Å². The standard InChI is InChI=1S/C9H13N3O3/c1-6-8(5-12-15-6)9(14)11-4-3-10-7(2)13/h5H,3-4H2,1-2H3,(H,10,13)(H,11,14). The van der Waals surface area contributed by atoms with Gasteiger partial charge in [0.2, 0.25) is 5.91 Å². The summed E-state index contributed by atoms with van der Waals surface area (Å²) in [5, 5.41) is 8.69. The Hall–Kier alpha value is -1.85. The van der Waals surface area contributed by atoms with E-state index in [2.05, 4.69) is 15.8 Å². The fraction of sp³-hybridized carbons (Fsp3) is 0.444. The Balaban J connectivity index is 2.31. The molecular weight excluding hydrogens is 198 g/mol. The third-order valence-corrected chi connectivity index (χ3v) is 1.78. The molecule has 0 fully saturated rings. The van der Waals surface area contributed by atoms with Gasteiger partial charge >= 0.3 is 0 Å². The van der Waals surface area contributed by atoms with Crippen molar-refractivity contribution in [2.45, 2.75) is 13.8 Å². The van der Waals surface area contributed by atoms with E-state index < -0.39 is 0 Å².